The lowest BCUT2D eigenvalue weighted by Crippen LogP contribution is -2.11. The Kier molecular flexibility index (Phi) is 10.8. The lowest BCUT2D eigenvalue weighted by atomic mass is 10.0. The lowest BCUT2D eigenvalue weighted by molar-refractivity contribution is -0.145. The van der Waals surface area contributed by atoms with Crippen LogP contribution in [0.15, 0.2) is 48.5 Å². The van der Waals surface area contributed by atoms with Gasteiger partial charge in [0.15, 0.2) is 0 Å². The molecule has 0 bridgehead atoms. The maximum Gasteiger partial charge on any atom is 0.416 e. The Morgan fingerprint density at radius 2 is 1.33 bits per heavy atom. The maximum atomic E-state index is 12.4. The standard InChI is InChI=1S/C12H13F3O3.C10H11F3O2/c1-2-18-11(17)7-10(16)8-4-3-5-9(6-8)12(13,14)15;11-10(12,13)8-3-1-2-7(6-8)9(15)4-5-14/h3-6,10,16H,2,7H2,1H3;1-3,6,9,14-15H,4-5H2. The number of carbonyl (C=O) groups excluding carboxylic acids is 1. The van der Waals surface area contributed by atoms with Crippen molar-refractivity contribution in [2.45, 2.75) is 44.3 Å². The van der Waals surface area contributed by atoms with Crippen LogP contribution >= 0.6 is 0 Å². The lowest BCUT2D eigenvalue weighted by Gasteiger charge is -2.13. The molecule has 33 heavy (non-hydrogen) atoms. The Balaban J connectivity index is 0.000000335. The molecule has 0 saturated heterocycles. The van der Waals surface area contributed by atoms with E-state index in [4.69, 9.17) is 5.11 Å². The Labute approximate surface area is 186 Å². The molecule has 2 aromatic carbocycles. The second-order valence-electron chi connectivity index (χ2n) is 6.80. The third-order valence-electron chi connectivity index (χ3n) is 4.27. The molecule has 2 aromatic rings. The molecule has 0 aliphatic carbocycles. The number of esters is 1. The molecule has 0 heterocycles. The zero-order chi connectivity index (χ0) is 25.2. The zero-order valence-electron chi connectivity index (χ0n) is 17.5. The Morgan fingerprint density at radius 3 is 1.73 bits per heavy atom. The molecule has 5 nitrogen and oxygen atoms in total. The highest BCUT2D eigenvalue weighted by Gasteiger charge is 2.31. The summed E-state index contributed by atoms with van der Waals surface area (Å²) >= 11 is 0. The number of carbonyl (C=O) groups is 1. The minimum Gasteiger partial charge on any atom is -0.466 e. The van der Waals surface area contributed by atoms with Crippen LogP contribution in [0.1, 0.15) is 54.2 Å². The third-order valence-corrected chi connectivity index (χ3v) is 4.27. The molecule has 11 heteroatoms. The first kappa shape index (κ1) is 28.4. The number of benzene rings is 2. The van der Waals surface area contributed by atoms with Crippen LogP contribution in [0.2, 0.25) is 0 Å². The van der Waals surface area contributed by atoms with E-state index >= 15 is 0 Å². The first-order chi connectivity index (χ1) is 15.3. The Bertz CT molecular complexity index is 882. The minimum atomic E-state index is -4.47. The van der Waals surface area contributed by atoms with Crippen LogP contribution in [0, 0.1) is 0 Å². The third kappa shape index (κ3) is 9.80. The predicted octanol–water partition coefficient (Wildman–Crippen LogP) is 4.81. The molecule has 0 aliphatic heterocycles. The summed E-state index contributed by atoms with van der Waals surface area (Å²) in [5, 5.41) is 27.6. The largest absolute Gasteiger partial charge is 0.466 e. The minimum absolute atomic E-state index is 0.0291. The van der Waals surface area contributed by atoms with Crippen molar-refractivity contribution in [2.75, 3.05) is 13.2 Å². The van der Waals surface area contributed by atoms with Gasteiger partial charge < -0.3 is 20.1 Å². The van der Waals surface area contributed by atoms with Crippen molar-refractivity contribution in [1.29, 1.82) is 0 Å². The highest BCUT2D eigenvalue weighted by molar-refractivity contribution is 5.70. The summed E-state index contributed by atoms with van der Waals surface area (Å²) in [6.07, 6.45) is -11.6. The summed E-state index contributed by atoms with van der Waals surface area (Å²) in [6, 6.07) is 8.71. The fraction of sp³-hybridized carbons (Fsp3) is 0.409. The fourth-order valence-electron chi connectivity index (χ4n) is 2.63. The average Bonchev–Trinajstić information content (AvgIpc) is 2.73. The SMILES string of the molecule is CCOC(=O)CC(O)c1cccc(C(F)(F)F)c1.OCCC(O)c1cccc(C(F)(F)F)c1. The molecule has 184 valence electrons. The number of halogens is 6. The van der Waals surface area contributed by atoms with E-state index in [-0.39, 0.29) is 37.2 Å². The second-order valence-corrected chi connectivity index (χ2v) is 6.80. The van der Waals surface area contributed by atoms with Gasteiger partial charge in [-0.05, 0) is 42.3 Å². The molecule has 3 N–H and O–H groups in total. The number of hydrogen-bond acceptors (Lipinski definition) is 5. The van der Waals surface area contributed by atoms with E-state index < -0.39 is 41.7 Å². The van der Waals surface area contributed by atoms with Crippen molar-refractivity contribution in [3.05, 3.63) is 70.8 Å². The molecule has 0 aliphatic rings. The first-order valence-corrected chi connectivity index (χ1v) is 9.76. The van der Waals surface area contributed by atoms with Crippen LogP contribution in [0.5, 0.6) is 0 Å². The van der Waals surface area contributed by atoms with Crippen LogP contribution in [-0.2, 0) is 21.9 Å². The van der Waals surface area contributed by atoms with Gasteiger partial charge in [0, 0.05) is 13.0 Å². The van der Waals surface area contributed by atoms with E-state index in [1.54, 1.807) is 6.92 Å². The van der Waals surface area contributed by atoms with Crippen LogP contribution in [0.3, 0.4) is 0 Å². The zero-order valence-corrected chi connectivity index (χ0v) is 17.5. The number of rotatable bonds is 7. The normalized spacial score (nSPS) is 13.5. The molecule has 0 aromatic heterocycles. The molecular formula is C22H24F6O5. The Hall–Kier alpha value is -2.63. The predicted molar refractivity (Wildman–Crippen MR) is 106 cm³/mol. The van der Waals surface area contributed by atoms with Gasteiger partial charge in [-0.3, -0.25) is 4.79 Å². The number of aliphatic hydroxyl groups is 3. The summed E-state index contributed by atoms with van der Waals surface area (Å²) in [5.74, 6) is -0.651. The van der Waals surface area contributed by atoms with Crippen molar-refractivity contribution in [3.8, 4) is 0 Å². The van der Waals surface area contributed by atoms with Crippen molar-refractivity contribution >= 4 is 5.97 Å². The summed E-state index contributed by atoms with van der Waals surface area (Å²) in [7, 11) is 0. The van der Waals surface area contributed by atoms with Gasteiger partial charge in [-0.1, -0.05) is 24.3 Å². The van der Waals surface area contributed by atoms with E-state index in [2.05, 4.69) is 4.74 Å². The van der Waals surface area contributed by atoms with E-state index in [0.717, 1.165) is 24.3 Å². The summed E-state index contributed by atoms with van der Waals surface area (Å²) in [4.78, 5) is 11.1. The first-order valence-electron chi connectivity index (χ1n) is 9.76. The van der Waals surface area contributed by atoms with Crippen molar-refractivity contribution < 1.29 is 51.2 Å². The van der Waals surface area contributed by atoms with E-state index in [1.165, 1.54) is 24.3 Å². The van der Waals surface area contributed by atoms with Crippen LogP contribution in [0.25, 0.3) is 0 Å². The molecule has 0 saturated carbocycles. The summed E-state index contributed by atoms with van der Waals surface area (Å²) in [6.45, 7) is 1.50. The number of ether oxygens (including phenoxy) is 1. The van der Waals surface area contributed by atoms with Crippen molar-refractivity contribution in [3.63, 3.8) is 0 Å². The highest BCUT2D eigenvalue weighted by atomic mass is 19.4. The van der Waals surface area contributed by atoms with Gasteiger partial charge in [-0.15, -0.1) is 0 Å². The number of hydrogen-bond donors (Lipinski definition) is 3. The van der Waals surface area contributed by atoms with Crippen molar-refractivity contribution in [2.24, 2.45) is 0 Å². The fourth-order valence-corrected chi connectivity index (χ4v) is 2.63. The number of aliphatic hydroxyl groups excluding tert-OH is 3. The second kappa shape index (κ2) is 12.6. The van der Waals surface area contributed by atoms with Crippen LogP contribution in [-0.4, -0.2) is 34.5 Å². The van der Waals surface area contributed by atoms with Gasteiger partial charge >= 0.3 is 18.3 Å². The highest BCUT2D eigenvalue weighted by Crippen LogP contribution is 2.32. The van der Waals surface area contributed by atoms with E-state index in [9.17, 15) is 41.4 Å². The number of alkyl halides is 6. The van der Waals surface area contributed by atoms with Gasteiger partial charge in [0.1, 0.15) is 0 Å². The molecule has 0 amide bonds. The van der Waals surface area contributed by atoms with E-state index in [0.29, 0.717) is 0 Å². The van der Waals surface area contributed by atoms with E-state index in [1.807, 2.05) is 0 Å². The average molecular weight is 482 g/mol. The van der Waals surface area contributed by atoms with Gasteiger partial charge in [-0.2, -0.15) is 26.3 Å². The topological polar surface area (TPSA) is 87.0 Å². The molecule has 2 atom stereocenters. The maximum absolute atomic E-state index is 12.4. The monoisotopic (exact) mass is 482 g/mol. The van der Waals surface area contributed by atoms with Crippen LogP contribution < -0.4 is 0 Å². The van der Waals surface area contributed by atoms with Gasteiger partial charge in [0.2, 0.25) is 0 Å². The smallest absolute Gasteiger partial charge is 0.416 e. The summed E-state index contributed by atoms with van der Waals surface area (Å²) in [5.41, 5.74) is -1.45. The molecule has 2 unspecified atom stereocenters. The Morgan fingerprint density at radius 1 is 0.879 bits per heavy atom. The van der Waals surface area contributed by atoms with Crippen molar-refractivity contribution in [1.82, 2.24) is 0 Å². The molecule has 2 rings (SSSR count). The van der Waals surface area contributed by atoms with Gasteiger partial charge in [-0.25, -0.2) is 0 Å². The van der Waals surface area contributed by atoms with Gasteiger partial charge in [0.05, 0.1) is 36.4 Å². The summed E-state index contributed by atoms with van der Waals surface area (Å²) < 4.78 is 78.8. The molecule has 0 spiro atoms. The van der Waals surface area contributed by atoms with Gasteiger partial charge in [0.25, 0.3) is 0 Å². The molecule has 0 fully saturated rings. The quantitative estimate of drug-likeness (QED) is 0.390. The molecular weight excluding hydrogens is 458 g/mol. The van der Waals surface area contributed by atoms with Crippen LogP contribution in [0.4, 0.5) is 26.3 Å². The molecule has 0 radical (unpaired) electrons.